The van der Waals surface area contributed by atoms with Crippen molar-refractivity contribution in [1.29, 1.82) is 0 Å². The Morgan fingerprint density at radius 3 is 2.00 bits per heavy atom. The molecule has 0 saturated heterocycles. The van der Waals surface area contributed by atoms with Crippen LogP contribution in [0.25, 0.3) is 0 Å². The van der Waals surface area contributed by atoms with Crippen molar-refractivity contribution >= 4 is 5.97 Å². The molecule has 0 unspecified atom stereocenters. The van der Waals surface area contributed by atoms with Crippen LogP contribution in [0.3, 0.4) is 0 Å². The summed E-state index contributed by atoms with van der Waals surface area (Å²) >= 11 is 0. The molecule has 1 aromatic rings. The number of phenols is 2. The fraction of sp³-hybridized carbons (Fsp3) is 0.682. The standard InChI is InChI=1S/C22H36O5/c1-2-3-4-5-6-7-8-11-16-27-17-12-9-10-13-18-14-15-19(23)21(24)20(18)22(25)26/h14-15,23-24H,2-13,16-17H2,1H3,(H,25,26). The Labute approximate surface area is 163 Å². The van der Waals surface area contributed by atoms with Gasteiger partial charge in [0.1, 0.15) is 5.56 Å². The molecule has 0 aliphatic heterocycles. The molecular weight excluding hydrogens is 344 g/mol. The zero-order valence-electron chi connectivity index (χ0n) is 16.7. The van der Waals surface area contributed by atoms with Crippen LogP contribution in [-0.4, -0.2) is 34.5 Å². The van der Waals surface area contributed by atoms with Crippen LogP contribution >= 0.6 is 0 Å². The normalized spacial score (nSPS) is 11.0. The number of carbonyl (C=O) groups is 1. The Balaban J connectivity index is 2.04. The van der Waals surface area contributed by atoms with Gasteiger partial charge >= 0.3 is 5.97 Å². The molecule has 0 amide bonds. The summed E-state index contributed by atoms with van der Waals surface area (Å²) in [5.74, 6) is -2.16. The first-order valence-corrected chi connectivity index (χ1v) is 10.4. The molecule has 0 saturated carbocycles. The van der Waals surface area contributed by atoms with E-state index in [2.05, 4.69) is 6.92 Å². The number of aryl methyl sites for hydroxylation is 1. The lowest BCUT2D eigenvalue weighted by atomic mass is 10.00. The molecule has 0 heterocycles. The van der Waals surface area contributed by atoms with Crippen molar-refractivity contribution in [3.63, 3.8) is 0 Å². The fourth-order valence-corrected chi connectivity index (χ4v) is 3.21. The van der Waals surface area contributed by atoms with Crippen LogP contribution in [0.1, 0.15) is 93.5 Å². The van der Waals surface area contributed by atoms with Gasteiger partial charge in [0.25, 0.3) is 0 Å². The van der Waals surface area contributed by atoms with E-state index in [4.69, 9.17) is 4.74 Å². The second-order valence-corrected chi connectivity index (χ2v) is 7.17. The molecule has 5 nitrogen and oxygen atoms in total. The van der Waals surface area contributed by atoms with Gasteiger partial charge in [0.05, 0.1) is 0 Å². The average Bonchev–Trinajstić information content (AvgIpc) is 2.64. The summed E-state index contributed by atoms with van der Waals surface area (Å²) in [5.41, 5.74) is 0.360. The molecule has 154 valence electrons. The van der Waals surface area contributed by atoms with Crippen molar-refractivity contribution in [1.82, 2.24) is 0 Å². The SMILES string of the molecule is CCCCCCCCCCOCCCCCc1ccc(O)c(O)c1C(=O)O. The first kappa shape index (κ1) is 23.3. The second kappa shape index (κ2) is 14.3. The van der Waals surface area contributed by atoms with Crippen molar-refractivity contribution in [2.45, 2.75) is 84.0 Å². The molecule has 1 aromatic carbocycles. The Kier molecular flexibility index (Phi) is 12.4. The van der Waals surface area contributed by atoms with E-state index in [0.717, 1.165) is 38.9 Å². The van der Waals surface area contributed by atoms with Crippen molar-refractivity contribution in [3.8, 4) is 11.5 Å². The lowest BCUT2D eigenvalue weighted by molar-refractivity contribution is 0.0691. The maximum atomic E-state index is 11.3. The van der Waals surface area contributed by atoms with Gasteiger partial charge in [0.2, 0.25) is 0 Å². The number of aromatic carboxylic acids is 1. The van der Waals surface area contributed by atoms with Crippen LogP contribution < -0.4 is 0 Å². The predicted octanol–water partition coefficient (Wildman–Crippen LogP) is 5.67. The summed E-state index contributed by atoms with van der Waals surface area (Å²) in [4.78, 5) is 11.3. The van der Waals surface area contributed by atoms with Crippen molar-refractivity contribution in [2.75, 3.05) is 13.2 Å². The third-order valence-electron chi connectivity index (χ3n) is 4.83. The van der Waals surface area contributed by atoms with Gasteiger partial charge in [-0.2, -0.15) is 0 Å². The summed E-state index contributed by atoms with van der Waals surface area (Å²) in [7, 11) is 0. The topological polar surface area (TPSA) is 87.0 Å². The minimum atomic E-state index is -1.22. The smallest absolute Gasteiger partial charge is 0.339 e. The quantitative estimate of drug-likeness (QED) is 0.254. The number of hydrogen-bond donors (Lipinski definition) is 3. The van der Waals surface area contributed by atoms with Gasteiger partial charge < -0.3 is 20.1 Å². The Morgan fingerprint density at radius 1 is 0.852 bits per heavy atom. The molecule has 0 spiro atoms. The summed E-state index contributed by atoms with van der Waals surface area (Å²) < 4.78 is 5.66. The van der Waals surface area contributed by atoms with Gasteiger partial charge in [-0.05, 0) is 37.3 Å². The van der Waals surface area contributed by atoms with Gasteiger partial charge in [-0.15, -0.1) is 0 Å². The van der Waals surface area contributed by atoms with E-state index in [-0.39, 0.29) is 5.56 Å². The Morgan fingerprint density at radius 2 is 1.41 bits per heavy atom. The molecule has 0 atom stereocenters. The zero-order valence-corrected chi connectivity index (χ0v) is 16.7. The zero-order chi connectivity index (χ0) is 19.9. The minimum absolute atomic E-state index is 0.194. The van der Waals surface area contributed by atoms with E-state index in [9.17, 15) is 20.1 Å². The predicted molar refractivity (Wildman–Crippen MR) is 108 cm³/mol. The first-order chi connectivity index (χ1) is 13.1. The van der Waals surface area contributed by atoms with Crippen LogP contribution in [-0.2, 0) is 11.2 Å². The first-order valence-electron chi connectivity index (χ1n) is 10.4. The third kappa shape index (κ3) is 9.66. The number of benzene rings is 1. The highest BCUT2D eigenvalue weighted by Crippen LogP contribution is 2.32. The Hall–Kier alpha value is -1.75. The number of aromatic hydroxyl groups is 2. The van der Waals surface area contributed by atoms with Crippen molar-refractivity contribution in [2.24, 2.45) is 0 Å². The van der Waals surface area contributed by atoms with Crippen LogP contribution in [0.2, 0.25) is 0 Å². The van der Waals surface area contributed by atoms with E-state index in [0.29, 0.717) is 12.0 Å². The van der Waals surface area contributed by atoms with Crippen LogP contribution in [0.4, 0.5) is 0 Å². The number of phenolic OH excluding ortho intramolecular Hbond substituents is 1. The summed E-state index contributed by atoms with van der Waals surface area (Å²) in [6.45, 7) is 3.80. The molecule has 3 N–H and O–H groups in total. The number of carboxylic acids is 1. The van der Waals surface area contributed by atoms with E-state index in [1.54, 1.807) is 6.07 Å². The molecule has 0 aromatic heterocycles. The van der Waals surface area contributed by atoms with Crippen LogP contribution in [0.15, 0.2) is 12.1 Å². The van der Waals surface area contributed by atoms with E-state index >= 15 is 0 Å². The largest absolute Gasteiger partial charge is 0.504 e. The number of unbranched alkanes of at least 4 members (excludes halogenated alkanes) is 9. The molecule has 0 aliphatic rings. The van der Waals surface area contributed by atoms with E-state index in [1.807, 2.05) is 0 Å². The molecule has 27 heavy (non-hydrogen) atoms. The summed E-state index contributed by atoms with van der Waals surface area (Å²) in [5, 5.41) is 28.3. The highest BCUT2D eigenvalue weighted by Gasteiger charge is 2.18. The van der Waals surface area contributed by atoms with Crippen molar-refractivity contribution < 1.29 is 24.9 Å². The molecule has 1 rings (SSSR count). The number of hydrogen-bond acceptors (Lipinski definition) is 4. The number of carboxylic acid groups (broad SMARTS) is 1. The average molecular weight is 381 g/mol. The summed E-state index contributed by atoms with van der Waals surface area (Å²) in [6.07, 6.45) is 13.7. The highest BCUT2D eigenvalue weighted by atomic mass is 16.5. The van der Waals surface area contributed by atoms with Gasteiger partial charge in [0, 0.05) is 13.2 Å². The maximum absolute atomic E-state index is 11.3. The molecule has 0 bridgehead atoms. The lowest BCUT2D eigenvalue weighted by Gasteiger charge is -2.09. The molecule has 0 radical (unpaired) electrons. The second-order valence-electron chi connectivity index (χ2n) is 7.17. The molecule has 5 heteroatoms. The Bertz CT molecular complexity index is 542. The van der Waals surface area contributed by atoms with Gasteiger partial charge in [-0.3, -0.25) is 0 Å². The fourth-order valence-electron chi connectivity index (χ4n) is 3.21. The molecule has 0 aliphatic carbocycles. The lowest BCUT2D eigenvalue weighted by Crippen LogP contribution is -2.04. The van der Waals surface area contributed by atoms with E-state index in [1.165, 1.54) is 51.0 Å². The minimum Gasteiger partial charge on any atom is -0.504 e. The van der Waals surface area contributed by atoms with Crippen LogP contribution in [0.5, 0.6) is 11.5 Å². The monoisotopic (exact) mass is 380 g/mol. The maximum Gasteiger partial charge on any atom is 0.339 e. The molecular formula is C22H36O5. The van der Waals surface area contributed by atoms with E-state index < -0.39 is 17.5 Å². The highest BCUT2D eigenvalue weighted by molar-refractivity contribution is 5.93. The van der Waals surface area contributed by atoms with Crippen LogP contribution in [0, 0.1) is 0 Å². The van der Waals surface area contributed by atoms with Crippen molar-refractivity contribution in [3.05, 3.63) is 23.3 Å². The molecule has 0 fully saturated rings. The van der Waals surface area contributed by atoms with Gasteiger partial charge in [0.15, 0.2) is 11.5 Å². The van der Waals surface area contributed by atoms with Gasteiger partial charge in [-0.25, -0.2) is 4.79 Å². The third-order valence-corrected chi connectivity index (χ3v) is 4.83. The van der Waals surface area contributed by atoms with Gasteiger partial charge in [-0.1, -0.05) is 64.4 Å². The number of rotatable bonds is 16. The summed E-state index contributed by atoms with van der Waals surface area (Å²) in [6, 6.07) is 2.90. The number of ether oxygens (including phenoxy) is 1.